The molecular formula is C21H24Cl2N4OS. The third kappa shape index (κ3) is 6.06. The molecule has 154 valence electrons. The maximum atomic E-state index is 11.4. The van der Waals surface area contributed by atoms with Gasteiger partial charge in [0, 0.05) is 49.9 Å². The van der Waals surface area contributed by atoms with Crippen LogP contribution >= 0.6 is 35.4 Å². The molecule has 8 heteroatoms. The molecule has 1 heterocycles. The molecule has 0 saturated carbocycles. The van der Waals surface area contributed by atoms with E-state index in [-0.39, 0.29) is 11.0 Å². The van der Waals surface area contributed by atoms with Gasteiger partial charge in [0.05, 0.1) is 10.7 Å². The van der Waals surface area contributed by atoms with E-state index >= 15 is 0 Å². The maximum absolute atomic E-state index is 11.4. The van der Waals surface area contributed by atoms with Crippen LogP contribution < -0.4 is 15.5 Å². The minimum Gasteiger partial charge on any atom is -0.368 e. The number of thiocarbonyl (C=S) groups is 1. The quantitative estimate of drug-likeness (QED) is 0.654. The molecule has 3 rings (SSSR count). The highest BCUT2D eigenvalue weighted by molar-refractivity contribution is 7.80. The van der Waals surface area contributed by atoms with Crippen LogP contribution in [0.1, 0.15) is 18.9 Å². The lowest BCUT2D eigenvalue weighted by molar-refractivity contribution is -0.119. The summed E-state index contributed by atoms with van der Waals surface area (Å²) < 4.78 is 0. The Balaban J connectivity index is 1.56. The van der Waals surface area contributed by atoms with Crippen molar-refractivity contribution >= 4 is 57.8 Å². The van der Waals surface area contributed by atoms with Gasteiger partial charge >= 0.3 is 0 Å². The van der Waals surface area contributed by atoms with Crippen LogP contribution in [0.15, 0.2) is 42.5 Å². The number of benzene rings is 2. The van der Waals surface area contributed by atoms with E-state index in [1.807, 2.05) is 36.4 Å². The summed E-state index contributed by atoms with van der Waals surface area (Å²) >= 11 is 17.9. The average Bonchev–Trinajstić information content (AvgIpc) is 2.70. The number of carbonyl (C=O) groups excluding carboxylic acids is 1. The van der Waals surface area contributed by atoms with Crippen LogP contribution in [-0.4, -0.2) is 42.1 Å². The minimum absolute atomic E-state index is 0.125. The molecule has 0 atom stereocenters. The Morgan fingerprint density at radius 2 is 1.79 bits per heavy atom. The fraction of sp³-hybridized carbons (Fsp3) is 0.333. The Bertz CT molecular complexity index is 885. The van der Waals surface area contributed by atoms with E-state index < -0.39 is 0 Å². The molecule has 0 aromatic heterocycles. The largest absolute Gasteiger partial charge is 0.368 e. The lowest BCUT2D eigenvalue weighted by Gasteiger charge is -2.36. The van der Waals surface area contributed by atoms with Crippen molar-refractivity contribution in [2.75, 3.05) is 36.4 Å². The highest BCUT2D eigenvalue weighted by Crippen LogP contribution is 2.30. The molecule has 1 aliphatic heterocycles. The lowest BCUT2D eigenvalue weighted by Crippen LogP contribution is -2.46. The monoisotopic (exact) mass is 450 g/mol. The molecule has 0 aliphatic carbocycles. The SMILES string of the molecule is CCC(=O)NC(=S)Nc1ccc(N2CCN(Cc3ccccc3Cl)CC2)c(Cl)c1. The van der Waals surface area contributed by atoms with Crippen molar-refractivity contribution in [2.24, 2.45) is 0 Å². The molecule has 0 radical (unpaired) electrons. The number of nitrogens with one attached hydrogen (secondary N) is 2. The smallest absolute Gasteiger partial charge is 0.225 e. The molecular weight excluding hydrogens is 427 g/mol. The van der Waals surface area contributed by atoms with Gasteiger partial charge in [0.1, 0.15) is 0 Å². The Morgan fingerprint density at radius 1 is 1.07 bits per heavy atom. The first-order chi connectivity index (χ1) is 14.0. The van der Waals surface area contributed by atoms with Gasteiger partial charge < -0.3 is 15.5 Å². The van der Waals surface area contributed by atoms with Gasteiger partial charge in [-0.2, -0.15) is 0 Å². The fourth-order valence-electron chi connectivity index (χ4n) is 3.23. The second kappa shape index (κ2) is 10.3. The van der Waals surface area contributed by atoms with Crippen molar-refractivity contribution in [1.29, 1.82) is 0 Å². The zero-order chi connectivity index (χ0) is 20.8. The van der Waals surface area contributed by atoms with Crippen LogP contribution in [0.5, 0.6) is 0 Å². The molecule has 1 fully saturated rings. The van der Waals surface area contributed by atoms with Crippen LogP contribution in [0.25, 0.3) is 0 Å². The summed E-state index contributed by atoms with van der Waals surface area (Å²) in [4.78, 5) is 16.1. The molecule has 2 aromatic rings. The molecule has 2 aromatic carbocycles. The standard InChI is InChI=1S/C21H24Cl2N4OS/c1-2-20(28)25-21(29)24-16-7-8-19(18(23)13-16)27-11-9-26(10-12-27)14-15-5-3-4-6-17(15)22/h3-8,13H,2,9-12,14H2,1H3,(H2,24,25,28,29). The molecule has 29 heavy (non-hydrogen) atoms. The van der Waals surface area contributed by atoms with E-state index in [1.54, 1.807) is 6.92 Å². The fourth-order valence-corrected chi connectivity index (χ4v) is 3.96. The molecule has 1 aliphatic rings. The number of carbonyl (C=O) groups is 1. The summed E-state index contributed by atoms with van der Waals surface area (Å²) in [5.74, 6) is -0.125. The van der Waals surface area contributed by atoms with Gasteiger partial charge in [0.25, 0.3) is 0 Å². The number of halogens is 2. The van der Waals surface area contributed by atoms with Crippen LogP contribution in [0.4, 0.5) is 11.4 Å². The first-order valence-electron chi connectivity index (χ1n) is 9.57. The Morgan fingerprint density at radius 3 is 2.45 bits per heavy atom. The van der Waals surface area contributed by atoms with E-state index in [2.05, 4.69) is 26.5 Å². The van der Waals surface area contributed by atoms with E-state index in [0.717, 1.165) is 54.7 Å². The Labute approximate surface area is 187 Å². The van der Waals surface area contributed by atoms with Gasteiger partial charge in [0.2, 0.25) is 5.91 Å². The van der Waals surface area contributed by atoms with Crippen LogP contribution in [0, 0.1) is 0 Å². The third-order valence-corrected chi connectivity index (χ3v) is 5.72. The first-order valence-corrected chi connectivity index (χ1v) is 10.7. The van der Waals surface area contributed by atoms with Gasteiger partial charge in [-0.25, -0.2) is 0 Å². The molecule has 0 bridgehead atoms. The second-order valence-electron chi connectivity index (χ2n) is 6.88. The number of rotatable bonds is 5. The molecule has 1 amide bonds. The maximum Gasteiger partial charge on any atom is 0.225 e. The van der Waals surface area contributed by atoms with Gasteiger partial charge in [-0.1, -0.05) is 48.3 Å². The summed E-state index contributed by atoms with van der Waals surface area (Å²) in [6.07, 6.45) is 0.379. The number of hydrogen-bond acceptors (Lipinski definition) is 4. The third-order valence-electron chi connectivity index (χ3n) is 4.84. The van der Waals surface area contributed by atoms with Crippen molar-refractivity contribution in [2.45, 2.75) is 19.9 Å². The van der Waals surface area contributed by atoms with Crippen LogP contribution in [0.3, 0.4) is 0 Å². The summed E-state index contributed by atoms with van der Waals surface area (Å²) in [5.41, 5.74) is 2.90. The zero-order valence-corrected chi connectivity index (χ0v) is 18.6. The lowest BCUT2D eigenvalue weighted by atomic mass is 10.2. The molecule has 5 nitrogen and oxygen atoms in total. The summed E-state index contributed by atoms with van der Waals surface area (Å²) in [5, 5.41) is 7.35. The number of hydrogen-bond donors (Lipinski definition) is 2. The van der Waals surface area contributed by atoms with E-state index in [0.29, 0.717) is 11.4 Å². The second-order valence-corrected chi connectivity index (χ2v) is 8.10. The van der Waals surface area contributed by atoms with Crippen LogP contribution in [0.2, 0.25) is 10.0 Å². The predicted octanol–water partition coefficient (Wildman–Crippen LogP) is 4.54. The highest BCUT2D eigenvalue weighted by Gasteiger charge is 2.20. The molecule has 2 N–H and O–H groups in total. The average molecular weight is 451 g/mol. The molecule has 0 spiro atoms. The summed E-state index contributed by atoms with van der Waals surface area (Å²) in [7, 11) is 0. The van der Waals surface area contributed by atoms with E-state index in [1.165, 1.54) is 0 Å². The van der Waals surface area contributed by atoms with Crippen molar-refractivity contribution < 1.29 is 4.79 Å². The van der Waals surface area contributed by atoms with Crippen molar-refractivity contribution in [3.05, 3.63) is 58.1 Å². The first kappa shape index (κ1) is 21.8. The van der Waals surface area contributed by atoms with Crippen molar-refractivity contribution in [3.63, 3.8) is 0 Å². The van der Waals surface area contributed by atoms with Gasteiger partial charge in [0.15, 0.2) is 5.11 Å². The highest BCUT2D eigenvalue weighted by atomic mass is 35.5. The van der Waals surface area contributed by atoms with E-state index in [4.69, 9.17) is 35.4 Å². The minimum atomic E-state index is -0.125. The number of piperazine rings is 1. The number of nitrogens with zero attached hydrogens (tertiary/aromatic N) is 2. The summed E-state index contributed by atoms with van der Waals surface area (Å²) in [6, 6.07) is 13.7. The Kier molecular flexibility index (Phi) is 7.72. The van der Waals surface area contributed by atoms with Gasteiger partial charge in [-0.15, -0.1) is 0 Å². The Hall–Kier alpha value is -1.86. The molecule has 1 saturated heterocycles. The zero-order valence-electron chi connectivity index (χ0n) is 16.3. The van der Waals surface area contributed by atoms with Crippen LogP contribution in [-0.2, 0) is 11.3 Å². The molecule has 0 unspecified atom stereocenters. The topological polar surface area (TPSA) is 47.6 Å². The van der Waals surface area contributed by atoms with E-state index in [9.17, 15) is 4.79 Å². The van der Waals surface area contributed by atoms with Crippen molar-refractivity contribution in [1.82, 2.24) is 10.2 Å². The van der Waals surface area contributed by atoms with Gasteiger partial charge in [-0.05, 0) is 42.0 Å². The normalized spacial score (nSPS) is 14.5. The van der Waals surface area contributed by atoms with Crippen molar-refractivity contribution in [3.8, 4) is 0 Å². The van der Waals surface area contributed by atoms with Gasteiger partial charge in [-0.3, -0.25) is 9.69 Å². The summed E-state index contributed by atoms with van der Waals surface area (Å²) in [6.45, 7) is 6.29. The number of anilines is 2. The number of amides is 1. The predicted molar refractivity (Wildman–Crippen MR) is 125 cm³/mol.